The Balaban J connectivity index is 3.07. The Morgan fingerprint density at radius 3 is 2.02 bits per heavy atom. The zero-order chi connectivity index (χ0) is 30.9. The molecule has 0 aliphatic rings. The number of aliphatic carboxylic acids is 2. The number of guanidine groups is 1. The molecule has 0 spiro atoms. The van der Waals surface area contributed by atoms with Gasteiger partial charge in [0.25, 0.3) is 0 Å². The first-order valence-electron chi connectivity index (χ1n) is 12.8. The number of hydrogen-bond donors (Lipinski definition) is 9. The SMILES string of the molecule is CSCCC(NC(=O)C(Cc1ccc(O)cc1)NC(=O)C(N)CCC(=O)O)C(=O)NC(CCCN=C(N)N)C(=O)O. The average molecular weight is 598 g/mol. The van der Waals surface area contributed by atoms with Gasteiger partial charge in [-0.3, -0.25) is 24.2 Å². The van der Waals surface area contributed by atoms with Gasteiger partial charge < -0.3 is 48.5 Å². The van der Waals surface area contributed by atoms with Crippen LogP contribution >= 0.6 is 11.8 Å². The van der Waals surface area contributed by atoms with Gasteiger partial charge in [-0.25, -0.2) is 4.79 Å². The first-order chi connectivity index (χ1) is 19.3. The van der Waals surface area contributed by atoms with Crippen LogP contribution in [0.2, 0.25) is 0 Å². The lowest BCUT2D eigenvalue weighted by Gasteiger charge is -2.25. The number of carbonyl (C=O) groups excluding carboxylic acids is 3. The number of benzene rings is 1. The quantitative estimate of drug-likeness (QED) is 0.0499. The van der Waals surface area contributed by atoms with Crippen LogP contribution < -0.4 is 33.2 Å². The normalized spacial score (nSPS) is 13.6. The van der Waals surface area contributed by atoms with E-state index in [2.05, 4.69) is 20.9 Å². The third kappa shape index (κ3) is 14.2. The van der Waals surface area contributed by atoms with E-state index in [1.165, 1.54) is 23.9 Å². The summed E-state index contributed by atoms with van der Waals surface area (Å²) < 4.78 is 0. The van der Waals surface area contributed by atoms with Gasteiger partial charge in [0.2, 0.25) is 17.7 Å². The van der Waals surface area contributed by atoms with Gasteiger partial charge in [0.05, 0.1) is 6.04 Å². The number of nitrogens with one attached hydrogen (secondary N) is 3. The van der Waals surface area contributed by atoms with Crippen LogP contribution in [0, 0.1) is 0 Å². The van der Waals surface area contributed by atoms with Gasteiger partial charge in [0.1, 0.15) is 23.9 Å². The first kappa shape index (κ1) is 35.0. The highest BCUT2D eigenvalue weighted by atomic mass is 32.2. The highest BCUT2D eigenvalue weighted by Crippen LogP contribution is 2.12. The van der Waals surface area contributed by atoms with Crippen LogP contribution in [0.15, 0.2) is 29.3 Å². The molecule has 3 amide bonds. The third-order valence-electron chi connectivity index (χ3n) is 5.82. The summed E-state index contributed by atoms with van der Waals surface area (Å²) in [5.41, 5.74) is 16.9. The predicted octanol–water partition coefficient (Wildman–Crippen LogP) is -1.53. The predicted molar refractivity (Wildman–Crippen MR) is 153 cm³/mol. The number of carboxylic acid groups (broad SMARTS) is 2. The average Bonchev–Trinajstić information content (AvgIpc) is 2.91. The number of amides is 3. The molecule has 16 heteroatoms. The van der Waals surface area contributed by atoms with Crippen LogP contribution in [-0.4, -0.2) is 93.7 Å². The number of phenols is 1. The summed E-state index contributed by atoms with van der Waals surface area (Å²) in [6.07, 6.45) is 1.73. The number of nitrogens with two attached hydrogens (primary N) is 3. The number of rotatable bonds is 19. The number of nitrogens with zero attached hydrogens (tertiary/aromatic N) is 1. The molecule has 4 atom stereocenters. The summed E-state index contributed by atoms with van der Waals surface area (Å²) >= 11 is 1.41. The van der Waals surface area contributed by atoms with E-state index in [0.717, 1.165) is 0 Å². The molecular weight excluding hydrogens is 558 g/mol. The van der Waals surface area contributed by atoms with E-state index in [9.17, 15) is 34.2 Å². The molecule has 0 aliphatic heterocycles. The molecule has 0 radical (unpaired) electrons. The zero-order valence-electron chi connectivity index (χ0n) is 22.7. The van der Waals surface area contributed by atoms with E-state index in [1.807, 2.05) is 0 Å². The molecule has 1 aromatic carbocycles. The van der Waals surface area contributed by atoms with Crippen molar-refractivity contribution in [2.45, 2.75) is 62.7 Å². The molecule has 0 saturated heterocycles. The summed E-state index contributed by atoms with van der Waals surface area (Å²) in [7, 11) is 0. The molecule has 41 heavy (non-hydrogen) atoms. The maximum Gasteiger partial charge on any atom is 0.326 e. The molecule has 4 unspecified atom stereocenters. The van der Waals surface area contributed by atoms with E-state index >= 15 is 0 Å². The van der Waals surface area contributed by atoms with Crippen molar-refractivity contribution >= 4 is 47.4 Å². The summed E-state index contributed by atoms with van der Waals surface area (Å²) in [5, 5.41) is 35.5. The van der Waals surface area contributed by atoms with Gasteiger partial charge in [-0.15, -0.1) is 0 Å². The van der Waals surface area contributed by atoms with Crippen molar-refractivity contribution in [3.63, 3.8) is 0 Å². The second-order valence-electron chi connectivity index (χ2n) is 9.16. The fourth-order valence-electron chi connectivity index (χ4n) is 3.58. The Morgan fingerprint density at radius 2 is 1.46 bits per heavy atom. The van der Waals surface area contributed by atoms with Crippen molar-refractivity contribution in [2.24, 2.45) is 22.2 Å². The van der Waals surface area contributed by atoms with Crippen LogP contribution in [-0.2, 0) is 30.4 Å². The molecule has 1 rings (SSSR count). The Labute approximate surface area is 241 Å². The van der Waals surface area contributed by atoms with Crippen molar-refractivity contribution < 1.29 is 39.3 Å². The maximum atomic E-state index is 13.4. The molecule has 0 bridgehead atoms. The molecule has 1 aromatic rings. The van der Waals surface area contributed by atoms with E-state index in [1.54, 1.807) is 18.4 Å². The minimum Gasteiger partial charge on any atom is -0.508 e. The molecule has 0 fully saturated rings. The lowest BCUT2D eigenvalue weighted by Crippen LogP contribution is -2.57. The van der Waals surface area contributed by atoms with Gasteiger partial charge in [0.15, 0.2) is 5.96 Å². The summed E-state index contributed by atoms with van der Waals surface area (Å²) in [6.45, 7) is 0.169. The summed E-state index contributed by atoms with van der Waals surface area (Å²) in [6, 6.07) is 1.08. The van der Waals surface area contributed by atoms with Crippen LogP contribution in [0.25, 0.3) is 0 Å². The van der Waals surface area contributed by atoms with Gasteiger partial charge in [0, 0.05) is 19.4 Å². The molecule has 228 valence electrons. The van der Waals surface area contributed by atoms with Crippen molar-refractivity contribution in [3.05, 3.63) is 29.8 Å². The Kier molecular flexibility index (Phi) is 15.6. The number of phenolic OH excluding ortho intramolecular Hbond substituents is 1. The number of thioether (sulfide) groups is 1. The Morgan fingerprint density at radius 1 is 0.878 bits per heavy atom. The molecule has 0 saturated carbocycles. The minimum atomic E-state index is -1.27. The molecule has 12 N–H and O–H groups in total. The van der Waals surface area contributed by atoms with Crippen molar-refractivity contribution in [1.82, 2.24) is 16.0 Å². The fourth-order valence-corrected chi connectivity index (χ4v) is 4.05. The molecule has 0 heterocycles. The number of aromatic hydroxyl groups is 1. The number of hydrogen-bond acceptors (Lipinski definition) is 9. The first-order valence-corrected chi connectivity index (χ1v) is 14.2. The Bertz CT molecular complexity index is 1070. The van der Waals surface area contributed by atoms with Crippen LogP contribution in [0.4, 0.5) is 0 Å². The van der Waals surface area contributed by atoms with Crippen LogP contribution in [0.5, 0.6) is 5.75 Å². The second-order valence-corrected chi connectivity index (χ2v) is 10.1. The lowest BCUT2D eigenvalue weighted by atomic mass is 10.0. The van der Waals surface area contributed by atoms with Crippen molar-refractivity contribution in [2.75, 3.05) is 18.6 Å². The maximum absolute atomic E-state index is 13.4. The Hall–Kier alpha value is -4.05. The van der Waals surface area contributed by atoms with E-state index < -0.39 is 53.8 Å². The van der Waals surface area contributed by atoms with E-state index in [0.29, 0.717) is 11.3 Å². The molecule has 15 nitrogen and oxygen atoms in total. The largest absolute Gasteiger partial charge is 0.508 e. The van der Waals surface area contributed by atoms with Gasteiger partial charge in [-0.2, -0.15) is 11.8 Å². The molecular formula is C25H39N7O8S. The second kappa shape index (κ2) is 18.3. The highest BCUT2D eigenvalue weighted by molar-refractivity contribution is 7.98. The van der Waals surface area contributed by atoms with Crippen LogP contribution in [0.1, 0.15) is 37.7 Å². The number of carbonyl (C=O) groups is 5. The van der Waals surface area contributed by atoms with Gasteiger partial charge >= 0.3 is 11.9 Å². The number of aliphatic imine (C=N–C) groups is 1. The lowest BCUT2D eigenvalue weighted by molar-refractivity contribution is -0.142. The summed E-state index contributed by atoms with van der Waals surface area (Å²) in [5.74, 6) is -4.33. The zero-order valence-corrected chi connectivity index (χ0v) is 23.6. The van der Waals surface area contributed by atoms with Crippen LogP contribution in [0.3, 0.4) is 0 Å². The number of carboxylic acids is 2. The third-order valence-corrected chi connectivity index (χ3v) is 6.46. The smallest absolute Gasteiger partial charge is 0.326 e. The van der Waals surface area contributed by atoms with Crippen molar-refractivity contribution in [3.8, 4) is 5.75 Å². The fraction of sp³-hybridized carbons (Fsp3) is 0.520. The molecule has 0 aliphatic carbocycles. The van der Waals surface area contributed by atoms with Crippen molar-refractivity contribution in [1.29, 1.82) is 0 Å². The minimum absolute atomic E-state index is 0.00503. The summed E-state index contributed by atoms with van der Waals surface area (Å²) in [4.78, 5) is 65.5. The van der Waals surface area contributed by atoms with E-state index in [4.69, 9.17) is 22.3 Å². The van der Waals surface area contributed by atoms with Gasteiger partial charge in [-0.1, -0.05) is 12.1 Å². The standard InChI is InChI=1S/C25H39N7O8S/c1-41-12-10-17(22(37)31-18(24(39)40)3-2-11-29-25(27)28)30-23(38)19(13-14-4-6-15(33)7-5-14)32-21(36)16(26)8-9-20(34)35/h4-7,16-19,33H,2-3,8-13,26H2,1H3,(H,30,38)(H,31,37)(H,32,36)(H,34,35)(H,39,40)(H4,27,28,29). The monoisotopic (exact) mass is 597 g/mol. The topological polar surface area (TPSA) is 273 Å². The molecule has 0 aromatic heterocycles. The van der Waals surface area contributed by atoms with Gasteiger partial charge in [-0.05, 0) is 55.4 Å². The van der Waals surface area contributed by atoms with E-state index in [-0.39, 0.29) is 56.8 Å². The highest BCUT2D eigenvalue weighted by Gasteiger charge is 2.30.